The van der Waals surface area contributed by atoms with E-state index < -0.39 is 0 Å². The molecular formula is C10H12FNO. The highest BCUT2D eigenvalue weighted by molar-refractivity contribution is 5.67. The van der Waals surface area contributed by atoms with E-state index in [0.29, 0.717) is 17.0 Å². The van der Waals surface area contributed by atoms with Crippen molar-refractivity contribution in [3.8, 4) is 5.75 Å². The van der Waals surface area contributed by atoms with Crippen molar-refractivity contribution in [2.45, 2.75) is 0 Å². The molecule has 0 aliphatic rings. The van der Waals surface area contributed by atoms with Crippen LogP contribution in [0.15, 0.2) is 18.7 Å². The SMILES string of the molecule is C=Cc1cc(OC)cc(F)c1NC. The van der Waals surface area contributed by atoms with Crippen molar-refractivity contribution < 1.29 is 9.13 Å². The predicted octanol–water partition coefficient (Wildman–Crippen LogP) is 2.52. The van der Waals surface area contributed by atoms with Crippen LogP contribution in [-0.4, -0.2) is 14.2 Å². The smallest absolute Gasteiger partial charge is 0.150 e. The van der Waals surface area contributed by atoms with Crippen LogP contribution in [-0.2, 0) is 0 Å². The molecule has 0 unspecified atom stereocenters. The predicted molar refractivity (Wildman–Crippen MR) is 52.6 cm³/mol. The molecule has 2 nitrogen and oxygen atoms in total. The second-order valence-electron chi connectivity index (χ2n) is 2.53. The van der Waals surface area contributed by atoms with Gasteiger partial charge in [-0.25, -0.2) is 4.39 Å². The normalized spacial score (nSPS) is 9.46. The third kappa shape index (κ3) is 1.80. The monoisotopic (exact) mass is 181 g/mol. The number of halogens is 1. The first-order valence-electron chi connectivity index (χ1n) is 3.90. The summed E-state index contributed by atoms with van der Waals surface area (Å²) in [6.07, 6.45) is 1.58. The largest absolute Gasteiger partial charge is 0.497 e. The third-order valence-corrected chi connectivity index (χ3v) is 1.80. The maximum atomic E-state index is 13.3. The van der Waals surface area contributed by atoms with Crippen LogP contribution < -0.4 is 10.1 Å². The van der Waals surface area contributed by atoms with E-state index in [1.165, 1.54) is 13.2 Å². The average molecular weight is 181 g/mol. The Labute approximate surface area is 77.0 Å². The van der Waals surface area contributed by atoms with Gasteiger partial charge in [-0.05, 0) is 6.07 Å². The highest BCUT2D eigenvalue weighted by atomic mass is 19.1. The van der Waals surface area contributed by atoms with Crippen molar-refractivity contribution in [3.05, 3.63) is 30.1 Å². The zero-order valence-electron chi connectivity index (χ0n) is 7.73. The summed E-state index contributed by atoms with van der Waals surface area (Å²) in [5.41, 5.74) is 1.13. The van der Waals surface area contributed by atoms with Gasteiger partial charge in [0, 0.05) is 18.7 Å². The van der Waals surface area contributed by atoms with Gasteiger partial charge in [-0.3, -0.25) is 0 Å². The van der Waals surface area contributed by atoms with Crippen LogP contribution in [0.2, 0.25) is 0 Å². The zero-order chi connectivity index (χ0) is 9.84. The summed E-state index contributed by atoms with van der Waals surface area (Å²) in [5, 5.41) is 2.76. The van der Waals surface area contributed by atoms with E-state index in [2.05, 4.69) is 11.9 Å². The summed E-state index contributed by atoms with van der Waals surface area (Å²) in [4.78, 5) is 0. The minimum Gasteiger partial charge on any atom is -0.497 e. The Morgan fingerprint density at radius 3 is 2.69 bits per heavy atom. The average Bonchev–Trinajstić information content (AvgIpc) is 2.16. The Bertz CT molecular complexity index is 323. The van der Waals surface area contributed by atoms with Gasteiger partial charge in [0.25, 0.3) is 0 Å². The summed E-state index contributed by atoms with van der Waals surface area (Å²) in [7, 11) is 3.17. The summed E-state index contributed by atoms with van der Waals surface area (Å²) in [6, 6.07) is 3.06. The van der Waals surface area contributed by atoms with Gasteiger partial charge in [-0.1, -0.05) is 12.7 Å². The molecule has 0 radical (unpaired) electrons. The molecule has 1 N–H and O–H groups in total. The molecule has 0 aliphatic heterocycles. The molecule has 70 valence electrons. The summed E-state index contributed by atoms with van der Waals surface area (Å²) >= 11 is 0. The number of hydrogen-bond donors (Lipinski definition) is 1. The zero-order valence-corrected chi connectivity index (χ0v) is 7.73. The minimum atomic E-state index is -0.336. The van der Waals surface area contributed by atoms with Crippen molar-refractivity contribution in [2.75, 3.05) is 19.5 Å². The van der Waals surface area contributed by atoms with Crippen molar-refractivity contribution in [1.82, 2.24) is 0 Å². The van der Waals surface area contributed by atoms with E-state index in [0.717, 1.165) is 0 Å². The first-order valence-corrected chi connectivity index (χ1v) is 3.90. The number of methoxy groups -OCH3 is 1. The molecule has 0 spiro atoms. The van der Waals surface area contributed by atoms with Crippen LogP contribution in [0.5, 0.6) is 5.75 Å². The first kappa shape index (κ1) is 9.58. The Hall–Kier alpha value is -1.51. The standard InChI is InChI=1S/C10H12FNO/c1-4-7-5-8(13-3)6-9(11)10(7)12-2/h4-6,12H,1H2,2-3H3. The fourth-order valence-corrected chi connectivity index (χ4v) is 1.14. The van der Waals surface area contributed by atoms with Crippen LogP contribution >= 0.6 is 0 Å². The van der Waals surface area contributed by atoms with Crippen LogP contribution in [0.3, 0.4) is 0 Å². The van der Waals surface area contributed by atoms with Crippen molar-refractivity contribution >= 4 is 11.8 Å². The van der Waals surface area contributed by atoms with E-state index in [-0.39, 0.29) is 5.82 Å². The Morgan fingerprint density at radius 1 is 1.54 bits per heavy atom. The van der Waals surface area contributed by atoms with Gasteiger partial charge in [0.2, 0.25) is 0 Å². The van der Waals surface area contributed by atoms with E-state index in [4.69, 9.17) is 4.74 Å². The highest BCUT2D eigenvalue weighted by Gasteiger charge is 2.07. The van der Waals surface area contributed by atoms with E-state index >= 15 is 0 Å². The van der Waals surface area contributed by atoms with Gasteiger partial charge in [-0.15, -0.1) is 0 Å². The number of ether oxygens (including phenoxy) is 1. The molecule has 3 heteroatoms. The number of hydrogen-bond acceptors (Lipinski definition) is 2. The second kappa shape index (κ2) is 3.94. The Morgan fingerprint density at radius 2 is 2.23 bits per heavy atom. The molecule has 0 heterocycles. The van der Waals surface area contributed by atoms with Gasteiger partial charge in [0.05, 0.1) is 12.8 Å². The molecule has 1 aromatic rings. The summed E-state index contributed by atoms with van der Waals surface area (Å²) in [6.45, 7) is 3.59. The van der Waals surface area contributed by atoms with Crippen LogP contribution in [0, 0.1) is 5.82 Å². The minimum absolute atomic E-state index is 0.336. The maximum Gasteiger partial charge on any atom is 0.150 e. The van der Waals surface area contributed by atoms with Crippen LogP contribution in [0.1, 0.15) is 5.56 Å². The number of benzene rings is 1. The summed E-state index contributed by atoms with van der Waals surface area (Å²) in [5.74, 6) is 0.156. The van der Waals surface area contributed by atoms with Crippen molar-refractivity contribution in [1.29, 1.82) is 0 Å². The Kier molecular flexibility index (Phi) is 2.90. The maximum absolute atomic E-state index is 13.3. The fraction of sp³-hybridized carbons (Fsp3) is 0.200. The molecule has 0 fully saturated rings. The molecule has 0 aromatic heterocycles. The lowest BCUT2D eigenvalue weighted by molar-refractivity contribution is 0.411. The van der Waals surface area contributed by atoms with Gasteiger partial charge in [0.1, 0.15) is 5.75 Å². The van der Waals surface area contributed by atoms with E-state index in [9.17, 15) is 4.39 Å². The van der Waals surface area contributed by atoms with Crippen molar-refractivity contribution in [3.63, 3.8) is 0 Å². The van der Waals surface area contributed by atoms with Crippen LogP contribution in [0.4, 0.5) is 10.1 Å². The second-order valence-corrected chi connectivity index (χ2v) is 2.53. The molecule has 0 saturated carbocycles. The number of anilines is 1. The van der Waals surface area contributed by atoms with E-state index in [1.54, 1.807) is 19.2 Å². The van der Waals surface area contributed by atoms with Crippen LogP contribution in [0.25, 0.3) is 6.08 Å². The topological polar surface area (TPSA) is 21.3 Å². The fourth-order valence-electron chi connectivity index (χ4n) is 1.14. The molecule has 0 aliphatic carbocycles. The molecule has 1 rings (SSSR count). The molecule has 1 aromatic carbocycles. The van der Waals surface area contributed by atoms with Crippen molar-refractivity contribution in [2.24, 2.45) is 0 Å². The van der Waals surface area contributed by atoms with E-state index in [1.807, 2.05) is 0 Å². The summed E-state index contributed by atoms with van der Waals surface area (Å²) < 4.78 is 18.2. The molecule has 0 atom stereocenters. The highest BCUT2D eigenvalue weighted by Crippen LogP contribution is 2.26. The molecule has 0 amide bonds. The molecule has 13 heavy (non-hydrogen) atoms. The first-order chi connectivity index (χ1) is 6.22. The lowest BCUT2D eigenvalue weighted by Gasteiger charge is -2.08. The molecular weight excluding hydrogens is 169 g/mol. The molecule has 0 saturated heterocycles. The third-order valence-electron chi connectivity index (χ3n) is 1.80. The van der Waals surface area contributed by atoms with Gasteiger partial charge in [-0.2, -0.15) is 0 Å². The number of rotatable bonds is 3. The van der Waals surface area contributed by atoms with Gasteiger partial charge >= 0.3 is 0 Å². The number of nitrogens with one attached hydrogen (secondary N) is 1. The van der Waals surface area contributed by atoms with Gasteiger partial charge < -0.3 is 10.1 Å². The van der Waals surface area contributed by atoms with Gasteiger partial charge in [0.15, 0.2) is 5.82 Å². The lowest BCUT2D eigenvalue weighted by Crippen LogP contribution is -1.97. The lowest BCUT2D eigenvalue weighted by atomic mass is 10.1. The Balaban J connectivity index is 3.28. The quantitative estimate of drug-likeness (QED) is 0.773. The molecule has 0 bridgehead atoms.